The van der Waals surface area contributed by atoms with Crippen molar-refractivity contribution >= 4 is 0 Å². The topological polar surface area (TPSA) is 26.0 Å². The molecule has 0 aliphatic carbocycles. The molecule has 0 radical (unpaired) electrons. The summed E-state index contributed by atoms with van der Waals surface area (Å²) in [6.07, 6.45) is 6.99. The van der Waals surface area contributed by atoms with Crippen molar-refractivity contribution in [1.82, 2.24) is 0 Å². The van der Waals surface area contributed by atoms with Gasteiger partial charge in [-0.2, -0.15) is 0 Å². The van der Waals surface area contributed by atoms with Crippen LogP contribution in [0.4, 0.5) is 0 Å². The summed E-state index contributed by atoms with van der Waals surface area (Å²) in [6.45, 7) is 4.14. The van der Waals surface area contributed by atoms with E-state index in [9.17, 15) is 0 Å². The molecule has 0 aliphatic heterocycles. The summed E-state index contributed by atoms with van der Waals surface area (Å²) < 4.78 is 0. The lowest BCUT2D eigenvalue weighted by molar-refractivity contribution is 0.457. The van der Waals surface area contributed by atoms with E-state index < -0.39 is 0 Å². The zero-order chi connectivity index (χ0) is 7.28. The maximum absolute atomic E-state index is 5.61. The van der Waals surface area contributed by atoms with E-state index in [1.165, 1.54) is 0 Å². The Bertz CT molecular complexity index is 99.6. The fraction of sp³-hybridized carbons (Fsp3) is 0.750. The third-order valence-electron chi connectivity index (χ3n) is 1.64. The van der Waals surface area contributed by atoms with Crippen molar-refractivity contribution in [2.45, 2.75) is 32.7 Å². The lowest BCUT2D eigenvalue weighted by Crippen LogP contribution is -2.23. The molecule has 1 nitrogen and oxygen atoms in total. The molecule has 0 aliphatic rings. The zero-order valence-corrected chi connectivity index (χ0v) is 6.22. The highest BCUT2D eigenvalue weighted by Gasteiger charge is 2.04. The summed E-state index contributed by atoms with van der Waals surface area (Å²) in [6, 6.07) is 0.276. The number of hydrogen-bond acceptors (Lipinski definition) is 1. The Morgan fingerprint density at radius 1 is 1.56 bits per heavy atom. The first kappa shape index (κ1) is 8.52. The van der Waals surface area contributed by atoms with Crippen LogP contribution >= 0.6 is 0 Å². The molecule has 0 fully saturated rings. The Kier molecular flexibility index (Phi) is 4.17. The van der Waals surface area contributed by atoms with Crippen LogP contribution in [0.5, 0.6) is 0 Å². The first-order valence-electron chi connectivity index (χ1n) is 3.37. The average Bonchev–Trinajstić information content (AvgIpc) is 1.82. The van der Waals surface area contributed by atoms with E-state index >= 15 is 0 Å². The van der Waals surface area contributed by atoms with E-state index in [1.54, 1.807) is 0 Å². The van der Waals surface area contributed by atoms with Gasteiger partial charge in [0.15, 0.2) is 0 Å². The largest absolute Gasteiger partial charge is 0.328 e. The van der Waals surface area contributed by atoms with Crippen LogP contribution in [-0.4, -0.2) is 6.04 Å². The molecule has 0 amide bonds. The molecule has 1 heteroatoms. The van der Waals surface area contributed by atoms with Gasteiger partial charge in [-0.3, -0.25) is 0 Å². The molecular formula is C8H15N. The van der Waals surface area contributed by atoms with Gasteiger partial charge in [0.1, 0.15) is 0 Å². The van der Waals surface area contributed by atoms with E-state index in [0.29, 0.717) is 5.92 Å². The monoisotopic (exact) mass is 125 g/mol. The zero-order valence-electron chi connectivity index (χ0n) is 6.22. The fourth-order valence-corrected chi connectivity index (χ4v) is 0.574. The average molecular weight is 125 g/mol. The van der Waals surface area contributed by atoms with Crippen molar-refractivity contribution in [1.29, 1.82) is 0 Å². The highest BCUT2D eigenvalue weighted by atomic mass is 14.6. The second kappa shape index (κ2) is 4.40. The molecule has 0 aromatic heterocycles. The molecular weight excluding hydrogens is 110 g/mol. The highest BCUT2D eigenvalue weighted by molar-refractivity contribution is 4.84. The maximum Gasteiger partial charge on any atom is 0.00891 e. The predicted octanol–water partition coefficient (Wildman–Crippen LogP) is 1.38. The fourth-order valence-electron chi connectivity index (χ4n) is 0.574. The molecule has 52 valence electrons. The van der Waals surface area contributed by atoms with Gasteiger partial charge in [0.25, 0.3) is 0 Å². The van der Waals surface area contributed by atoms with E-state index in [4.69, 9.17) is 12.2 Å². The summed E-state index contributed by atoms with van der Waals surface area (Å²) in [5.41, 5.74) is 5.61. The summed E-state index contributed by atoms with van der Waals surface area (Å²) in [7, 11) is 0. The Labute approximate surface area is 57.6 Å². The molecule has 2 N–H and O–H groups in total. The Morgan fingerprint density at radius 2 is 2.11 bits per heavy atom. The lowest BCUT2D eigenvalue weighted by Gasteiger charge is -2.12. The number of rotatable bonds is 3. The third-order valence-corrected chi connectivity index (χ3v) is 1.64. The number of hydrogen-bond donors (Lipinski definition) is 1. The van der Waals surface area contributed by atoms with Gasteiger partial charge in [0, 0.05) is 12.5 Å². The summed E-state index contributed by atoms with van der Waals surface area (Å²) in [4.78, 5) is 0. The van der Waals surface area contributed by atoms with Crippen molar-refractivity contribution in [3.05, 3.63) is 0 Å². The van der Waals surface area contributed by atoms with Gasteiger partial charge in [0.2, 0.25) is 0 Å². The molecule has 0 bridgehead atoms. The van der Waals surface area contributed by atoms with Crippen LogP contribution < -0.4 is 5.73 Å². The third kappa shape index (κ3) is 4.05. The second-order valence-electron chi connectivity index (χ2n) is 2.58. The molecule has 0 rings (SSSR count). The van der Waals surface area contributed by atoms with E-state index in [-0.39, 0.29) is 6.04 Å². The smallest absolute Gasteiger partial charge is 0.00891 e. The van der Waals surface area contributed by atoms with Gasteiger partial charge in [-0.05, 0) is 19.3 Å². The lowest BCUT2D eigenvalue weighted by atomic mass is 9.99. The van der Waals surface area contributed by atoms with Crippen molar-refractivity contribution in [2.75, 3.05) is 0 Å². The van der Waals surface area contributed by atoms with Gasteiger partial charge in [0.05, 0.1) is 0 Å². The Hall–Kier alpha value is -0.480. The first-order chi connectivity index (χ1) is 4.18. The summed E-state index contributed by atoms with van der Waals surface area (Å²) in [5.74, 6) is 3.15. The number of nitrogens with two attached hydrogens (primary N) is 1. The normalized spacial score (nSPS) is 16.2. The van der Waals surface area contributed by atoms with Crippen LogP contribution in [0.25, 0.3) is 0 Å². The van der Waals surface area contributed by atoms with Gasteiger partial charge in [-0.15, -0.1) is 12.3 Å². The molecule has 2 unspecified atom stereocenters. The van der Waals surface area contributed by atoms with Crippen molar-refractivity contribution in [2.24, 2.45) is 11.7 Å². The SMILES string of the molecule is C#CCCC(C)C(C)N. The van der Waals surface area contributed by atoms with Gasteiger partial charge < -0.3 is 5.73 Å². The van der Waals surface area contributed by atoms with Crippen LogP contribution in [0.3, 0.4) is 0 Å². The minimum absolute atomic E-state index is 0.276. The molecule has 2 atom stereocenters. The summed E-state index contributed by atoms with van der Waals surface area (Å²) >= 11 is 0. The predicted molar refractivity (Wildman–Crippen MR) is 40.9 cm³/mol. The van der Waals surface area contributed by atoms with Crippen LogP contribution in [0.15, 0.2) is 0 Å². The molecule has 9 heavy (non-hydrogen) atoms. The van der Waals surface area contributed by atoms with Crippen LogP contribution in [0.1, 0.15) is 26.7 Å². The maximum atomic E-state index is 5.61. The van der Waals surface area contributed by atoms with Gasteiger partial charge in [-0.1, -0.05) is 6.92 Å². The molecule has 0 aromatic rings. The van der Waals surface area contributed by atoms with E-state index in [2.05, 4.69) is 12.8 Å². The molecule has 0 spiro atoms. The van der Waals surface area contributed by atoms with Crippen LogP contribution in [0, 0.1) is 18.3 Å². The first-order valence-corrected chi connectivity index (χ1v) is 3.37. The van der Waals surface area contributed by atoms with Crippen molar-refractivity contribution in [3.63, 3.8) is 0 Å². The summed E-state index contributed by atoms with van der Waals surface area (Å²) in [5, 5.41) is 0. The Morgan fingerprint density at radius 3 is 2.44 bits per heavy atom. The quantitative estimate of drug-likeness (QED) is 0.567. The number of terminal acetylenes is 1. The van der Waals surface area contributed by atoms with E-state index in [1.807, 2.05) is 6.92 Å². The molecule has 0 heterocycles. The van der Waals surface area contributed by atoms with Gasteiger partial charge >= 0.3 is 0 Å². The Balaban J connectivity index is 3.29. The second-order valence-corrected chi connectivity index (χ2v) is 2.58. The standard InChI is InChI=1S/C8H15N/c1-4-5-6-7(2)8(3)9/h1,7-8H,5-6,9H2,2-3H3. The van der Waals surface area contributed by atoms with Crippen LogP contribution in [0.2, 0.25) is 0 Å². The minimum Gasteiger partial charge on any atom is -0.328 e. The molecule has 0 saturated carbocycles. The molecule has 0 saturated heterocycles. The van der Waals surface area contributed by atoms with Crippen molar-refractivity contribution in [3.8, 4) is 12.3 Å². The van der Waals surface area contributed by atoms with Gasteiger partial charge in [-0.25, -0.2) is 0 Å². The minimum atomic E-state index is 0.276. The molecule has 0 aromatic carbocycles. The van der Waals surface area contributed by atoms with Crippen molar-refractivity contribution < 1.29 is 0 Å². The van der Waals surface area contributed by atoms with Crippen LogP contribution in [-0.2, 0) is 0 Å². The van der Waals surface area contributed by atoms with E-state index in [0.717, 1.165) is 12.8 Å². The highest BCUT2D eigenvalue weighted by Crippen LogP contribution is 2.06.